The van der Waals surface area contributed by atoms with Gasteiger partial charge in [-0.05, 0) is 29.5 Å². The van der Waals surface area contributed by atoms with E-state index < -0.39 is 30.3 Å². The number of hydrogen-bond acceptors (Lipinski definition) is 6. The molecule has 1 aromatic rings. The van der Waals surface area contributed by atoms with E-state index in [0.29, 0.717) is 29.6 Å². The second-order valence-corrected chi connectivity index (χ2v) is 8.18. The summed E-state index contributed by atoms with van der Waals surface area (Å²) >= 11 is 0. The van der Waals surface area contributed by atoms with E-state index in [1.807, 2.05) is 39.8 Å². The summed E-state index contributed by atoms with van der Waals surface area (Å²) in [6.45, 7) is 8.13. The Morgan fingerprint density at radius 2 is 1.63 bits per heavy atom. The molecule has 1 atom stereocenters. The van der Waals surface area contributed by atoms with E-state index in [2.05, 4.69) is 5.32 Å². The number of rotatable bonds is 7. The molecular weight excluding hydrogens is 390 g/mol. The highest BCUT2D eigenvalue weighted by atomic mass is 16.6. The van der Waals surface area contributed by atoms with Crippen molar-refractivity contribution in [1.82, 2.24) is 15.1 Å². The first-order valence-corrected chi connectivity index (χ1v) is 10.0. The smallest absolute Gasteiger partial charge is 0.334 e. The lowest BCUT2D eigenvalue weighted by atomic mass is 9.95. The molecule has 30 heavy (non-hydrogen) atoms. The van der Waals surface area contributed by atoms with Crippen molar-refractivity contribution in [3.8, 4) is 11.5 Å². The largest absolute Gasteiger partial charge is 0.486 e. The monoisotopic (exact) mass is 417 g/mol. The SMILES string of the molecule is CC(C)CN1C(=O)C(=O)N(CC(=O)N[C@H](c2ccc3c(c2)OCCO3)C(C)C)C1=O. The van der Waals surface area contributed by atoms with Gasteiger partial charge in [0.2, 0.25) is 5.91 Å². The molecule has 0 bridgehead atoms. The van der Waals surface area contributed by atoms with Crippen molar-refractivity contribution in [1.29, 1.82) is 0 Å². The quantitative estimate of drug-likeness (QED) is 0.535. The summed E-state index contributed by atoms with van der Waals surface area (Å²) in [6, 6.07) is 4.33. The van der Waals surface area contributed by atoms with Gasteiger partial charge in [0.1, 0.15) is 19.8 Å². The van der Waals surface area contributed by atoms with Crippen molar-refractivity contribution in [2.24, 2.45) is 11.8 Å². The van der Waals surface area contributed by atoms with Crippen molar-refractivity contribution >= 4 is 23.8 Å². The van der Waals surface area contributed by atoms with E-state index in [0.717, 1.165) is 10.5 Å². The number of amides is 5. The number of ether oxygens (including phenoxy) is 2. The molecule has 9 nitrogen and oxygen atoms in total. The molecule has 3 rings (SSSR count). The summed E-state index contributed by atoms with van der Waals surface area (Å²) < 4.78 is 11.1. The molecule has 1 N–H and O–H groups in total. The van der Waals surface area contributed by atoms with E-state index in [4.69, 9.17) is 9.47 Å². The van der Waals surface area contributed by atoms with Gasteiger partial charge in [0.25, 0.3) is 0 Å². The zero-order valence-corrected chi connectivity index (χ0v) is 17.6. The maximum Gasteiger partial charge on any atom is 0.334 e. The third-order valence-corrected chi connectivity index (χ3v) is 4.89. The van der Waals surface area contributed by atoms with Gasteiger partial charge in [-0.3, -0.25) is 19.3 Å². The fourth-order valence-electron chi connectivity index (χ4n) is 3.47. The minimum Gasteiger partial charge on any atom is -0.486 e. The van der Waals surface area contributed by atoms with Crippen LogP contribution in [0.2, 0.25) is 0 Å². The first-order chi connectivity index (χ1) is 14.2. The second kappa shape index (κ2) is 8.73. The molecule has 2 aliphatic rings. The van der Waals surface area contributed by atoms with Gasteiger partial charge in [-0.25, -0.2) is 9.69 Å². The molecule has 0 aromatic heterocycles. The number of nitrogens with zero attached hydrogens (tertiary/aromatic N) is 2. The standard InChI is InChI=1S/C21H27N3O6/c1-12(2)10-23-19(26)20(27)24(21(23)28)11-17(25)22-18(13(3)4)14-5-6-15-16(9-14)30-8-7-29-15/h5-6,9,12-13,18H,7-8,10-11H2,1-4H3,(H,22,25)/t18-/m0/s1. The van der Waals surface area contributed by atoms with Crippen LogP contribution in [0.25, 0.3) is 0 Å². The van der Waals surface area contributed by atoms with Crippen LogP contribution in [0, 0.1) is 11.8 Å². The van der Waals surface area contributed by atoms with Crippen molar-refractivity contribution < 1.29 is 28.7 Å². The number of hydrogen-bond donors (Lipinski definition) is 1. The Labute approximate surface area is 175 Å². The number of benzene rings is 1. The molecule has 1 saturated heterocycles. The first kappa shape index (κ1) is 21.6. The zero-order valence-electron chi connectivity index (χ0n) is 17.6. The highest BCUT2D eigenvalue weighted by molar-refractivity contribution is 6.45. The number of fused-ring (bicyclic) bond motifs is 1. The molecule has 2 heterocycles. The molecule has 0 spiro atoms. The lowest BCUT2D eigenvalue weighted by molar-refractivity contribution is -0.144. The average Bonchev–Trinajstić information content (AvgIpc) is 2.89. The van der Waals surface area contributed by atoms with Gasteiger partial charge in [-0.15, -0.1) is 0 Å². The maximum absolute atomic E-state index is 12.7. The third-order valence-electron chi connectivity index (χ3n) is 4.89. The Morgan fingerprint density at radius 1 is 1.00 bits per heavy atom. The van der Waals surface area contributed by atoms with Crippen LogP contribution < -0.4 is 14.8 Å². The molecule has 2 aliphatic heterocycles. The summed E-state index contributed by atoms with van der Waals surface area (Å²) in [4.78, 5) is 51.0. The van der Waals surface area contributed by atoms with Gasteiger partial charge >= 0.3 is 17.8 Å². The number of nitrogens with one attached hydrogen (secondary N) is 1. The number of imide groups is 2. The molecule has 0 saturated carbocycles. The van der Waals surface area contributed by atoms with Crippen molar-refractivity contribution in [3.05, 3.63) is 23.8 Å². The van der Waals surface area contributed by atoms with Crippen LogP contribution in [-0.2, 0) is 14.4 Å². The van der Waals surface area contributed by atoms with E-state index in [1.165, 1.54) is 0 Å². The second-order valence-electron chi connectivity index (χ2n) is 8.18. The predicted molar refractivity (Wildman–Crippen MR) is 107 cm³/mol. The van der Waals surface area contributed by atoms with E-state index in [9.17, 15) is 19.2 Å². The van der Waals surface area contributed by atoms with Crippen molar-refractivity contribution in [2.45, 2.75) is 33.7 Å². The Balaban J connectivity index is 1.71. The predicted octanol–water partition coefficient (Wildman–Crippen LogP) is 1.72. The van der Waals surface area contributed by atoms with Crippen LogP contribution >= 0.6 is 0 Å². The Morgan fingerprint density at radius 3 is 2.27 bits per heavy atom. The van der Waals surface area contributed by atoms with E-state index in [-0.39, 0.29) is 24.4 Å². The highest BCUT2D eigenvalue weighted by Gasteiger charge is 2.45. The van der Waals surface area contributed by atoms with Gasteiger partial charge in [0, 0.05) is 6.54 Å². The number of urea groups is 1. The van der Waals surface area contributed by atoms with Gasteiger partial charge < -0.3 is 14.8 Å². The minimum atomic E-state index is -0.976. The number of carbonyl (C=O) groups excluding carboxylic acids is 4. The van der Waals surface area contributed by atoms with Crippen molar-refractivity contribution in [3.63, 3.8) is 0 Å². The lowest BCUT2D eigenvalue weighted by Gasteiger charge is -2.26. The minimum absolute atomic E-state index is 0.0139. The highest BCUT2D eigenvalue weighted by Crippen LogP contribution is 2.34. The third kappa shape index (κ3) is 4.39. The van der Waals surface area contributed by atoms with Gasteiger partial charge in [0.05, 0.1) is 6.04 Å². The molecule has 9 heteroatoms. The molecule has 1 aromatic carbocycles. The zero-order chi connectivity index (χ0) is 22.0. The van der Waals surface area contributed by atoms with E-state index in [1.54, 1.807) is 6.07 Å². The van der Waals surface area contributed by atoms with Crippen LogP contribution in [0.4, 0.5) is 4.79 Å². The summed E-state index contributed by atoms with van der Waals surface area (Å²) in [6.07, 6.45) is 0. The first-order valence-electron chi connectivity index (χ1n) is 10.0. The normalized spacial score (nSPS) is 17.2. The Bertz CT molecular complexity index is 866. The van der Waals surface area contributed by atoms with E-state index >= 15 is 0 Å². The van der Waals surface area contributed by atoms with Crippen LogP contribution in [0.1, 0.15) is 39.3 Å². The summed E-state index contributed by atoms with van der Waals surface area (Å²) in [7, 11) is 0. The summed E-state index contributed by atoms with van der Waals surface area (Å²) in [5.74, 6) is -1.09. The Hall–Kier alpha value is -3.10. The van der Waals surface area contributed by atoms with Crippen molar-refractivity contribution in [2.75, 3.05) is 26.3 Å². The van der Waals surface area contributed by atoms with Gasteiger partial charge in [-0.1, -0.05) is 33.8 Å². The van der Waals surface area contributed by atoms with Crippen LogP contribution in [0.3, 0.4) is 0 Å². The molecular formula is C21H27N3O6. The van der Waals surface area contributed by atoms with Gasteiger partial charge in [0.15, 0.2) is 11.5 Å². The Kier molecular flexibility index (Phi) is 6.28. The fourth-order valence-corrected chi connectivity index (χ4v) is 3.47. The topological polar surface area (TPSA) is 105 Å². The molecule has 5 amide bonds. The number of carbonyl (C=O) groups is 4. The molecule has 162 valence electrons. The summed E-state index contributed by atoms with van der Waals surface area (Å²) in [5.41, 5.74) is 0.819. The van der Waals surface area contributed by atoms with Crippen LogP contribution in [-0.4, -0.2) is 59.9 Å². The van der Waals surface area contributed by atoms with Crippen LogP contribution in [0.15, 0.2) is 18.2 Å². The lowest BCUT2D eigenvalue weighted by Crippen LogP contribution is -2.43. The molecule has 0 unspecified atom stereocenters. The van der Waals surface area contributed by atoms with Crippen LogP contribution in [0.5, 0.6) is 11.5 Å². The fraction of sp³-hybridized carbons (Fsp3) is 0.524. The molecule has 0 aliphatic carbocycles. The summed E-state index contributed by atoms with van der Waals surface area (Å²) in [5, 5.41) is 2.87. The average molecular weight is 417 g/mol. The van der Waals surface area contributed by atoms with Gasteiger partial charge in [-0.2, -0.15) is 0 Å². The maximum atomic E-state index is 12.7. The molecule has 0 radical (unpaired) electrons. The molecule has 1 fully saturated rings.